The second-order valence-electron chi connectivity index (χ2n) is 7.26. The number of nitrogens with one attached hydrogen (secondary N) is 1. The number of ether oxygens (including phenoxy) is 2. The van der Waals surface area contributed by atoms with Crippen LogP contribution in [0.4, 0.5) is 5.69 Å². The van der Waals surface area contributed by atoms with Crippen molar-refractivity contribution in [2.24, 2.45) is 0 Å². The maximum atomic E-state index is 12.9. The Morgan fingerprint density at radius 2 is 2.00 bits per heavy atom. The maximum absolute atomic E-state index is 12.9. The molecule has 3 rings (SSSR count). The molecule has 1 aromatic carbocycles. The van der Waals surface area contributed by atoms with Crippen molar-refractivity contribution in [3.8, 4) is 5.75 Å². The van der Waals surface area contributed by atoms with Gasteiger partial charge in [0.05, 0.1) is 30.9 Å². The predicted octanol–water partition coefficient (Wildman–Crippen LogP) is 1.53. The van der Waals surface area contributed by atoms with Crippen LogP contribution in [0, 0.1) is 0 Å². The molecule has 156 valence electrons. The first kappa shape index (κ1) is 21.0. The molecular weight excluding hydrogens is 382 g/mol. The van der Waals surface area contributed by atoms with Crippen molar-refractivity contribution in [1.29, 1.82) is 0 Å². The number of anilines is 1. The number of likely N-dealkylation sites (tertiary alicyclic amines) is 1. The summed E-state index contributed by atoms with van der Waals surface area (Å²) in [6.07, 6.45) is 3.65. The highest BCUT2D eigenvalue weighted by Gasteiger charge is 2.28. The Hall–Kier alpha value is -1.68. The lowest BCUT2D eigenvalue weighted by Gasteiger charge is -2.32. The Labute approximate surface area is 166 Å². The first-order chi connectivity index (χ1) is 13.4. The Morgan fingerprint density at radius 1 is 1.25 bits per heavy atom. The van der Waals surface area contributed by atoms with E-state index in [1.165, 1.54) is 23.5 Å². The number of morpholine rings is 1. The van der Waals surface area contributed by atoms with E-state index in [1.54, 1.807) is 6.07 Å². The lowest BCUT2D eigenvalue weighted by Crippen LogP contribution is -2.40. The molecule has 0 spiro atoms. The standard InChI is InChI=1S/C19H29N3O5S/c1-21-8-4-3-5-15(21)13-19(23)20-17-14-16(6-7-18(17)26-2)28(24,25)22-9-11-27-12-10-22/h6-7,14-15H,3-5,8-13H2,1-2H3,(H,20,23). The molecule has 0 aliphatic carbocycles. The van der Waals surface area contributed by atoms with Gasteiger partial charge in [-0.3, -0.25) is 4.79 Å². The third-order valence-corrected chi connectivity index (χ3v) is 7.29. The molecule has 2 fully saturated rings. The van der Waals surface area contributed by atoms with Gasteiger partial charge in [-0.25, -0.2) is 8.42 Å². The van der Waals surface area contributed by atoms with Gasteiger partial charge in [0.1, 0.15) is 5.75 Å². The Balaban J connectivity index is 1.76. The first-order valence-corrected chi connectivity index (χ1v) is 11.1. The van der Waals surface area contributed by atoms with Crippen molar-refractivity contribution in [3.63, 3.8) is 0 Å². The number of carbonyl (C=O) groups excluding carboxylic acids is 1. The average Bonchev–Trinajstić information content (AvgIpc) is 2.70. The van der Waals surface area contributed by atoms with Gasteiger partial charge < -0.3 is 19.7 Å². The van der Waals surface area contributed by atoms with Crippen LogP contribution in [-0.4, -0.2) is 76.6 Å². The van der Waals surface area contributed by atoms with Gasteiger partial charge in [-0.2, -0.15) is 4.31 Å². The molecule has 1 unspecified atom stereocenters. The first-order valence-electron chi connectivity index (χ1n) is 9.68. The van der Waals surface area contributed by atoms with Crippen LogP contribution in [0.15, 0.2) is 23.1 Å². The number of hydrogen-bond donors (Lipinski definition) is 1. The summed E-state index contributed by atoms with van der Waals surface area (Å²) in [7, 11) is -0.112. The maximum Gasteiger partial charge on any atom is 0.243 e. The van der Waals surface area contributed by atoms with Gasteiger partial charge in [0.25, 0.3) is 0 Å². The summed E-state index contributed by atoms with van der Waals surface area (Å²) in [5.41, 5.74) is 0.375. The highest BCUT2D eigenvalue weighted by Crippen LogP contribution is 2.30. The number of benzene rings is 1. The number of sulfonamides is 1. The lowest BCUT2D eigenvalue weighted by atomic mass is 10.00. The quantitative estimate of drug-likeness (QED) is 0.764. The van der Waals surface area contributed by atoms with Gasteiger partial charge in [0, 0.05) is 25.6 Å². The van der Waals surface area contributed by atoms with Crippen molar-refractivity contribution in [2.75, 3.05) is 52.3 Å². The van der Waals surface area contributed by atoms with Crippen molar-refractivity contribution >= 4 is 21.6 Å². The molecule has 1 amide bonds. The summed E-state index contributed by atoms with van der Waals surface area (Å²) < 4.78 is 37.7. The van der Waals surface area contributed by atoms with E-state index in [4.69, 9.17) is 9.47 Å². The lowest BCUT2D eigenvalue weighted by molar-refractivity contribution is -0.117. The number of carbonyl (C=O) groups is 1. The zero-order valence-electron chi connectivity index (χ0n) is 16.5. The van der Waals surface area contributed by atoms with Crippen LogP contribution >= 0.6 is 0 Å². The van der Waals surface area contributed by atoms with Crippen molar-refractivity contribution in [3.05, 3.63) is 18.2 Å². The van der Waals surface area contributed by atoms with E-state index in [0.29, 0.717) is 44.2 Å². The zero-order chi connectivity index (χ0) is 20.1. The Kier molecular flexibility index (Phi) is 6.92. The second-order valence-corrected chi connectivity index (χ2v) is 9.20. The fraction of sp³-hybridized carbons (Fsp3) is 0.632. The number of hydrogen-bond acceptors (Lipinski definition) is 6. The summed E-state index contributed by atoms with van der Waals surface area (Å²) in [5, 5.41) is 2.85. The third-order valence-electron chi connectivity index (χ3n) is 5.40. The molecule has 1 N–H and O–H groups in total. The van der Waals surface area contributed by atoms with Crippen molar-refractivity contribution < 1.29 is 22.7 Å². The van der Waals surface area contributed by atoms with Gasteiger partial charge >= 0.3 is 0 Å². The number of piperidine rings is 1. The molecule has 2 saturated heterocycles. The molecule has 0 radical (unpaired) electrons. The van der Waals surface area contributed by atoms with Gasteiger partial charge in [-0.05, 0) is 44.6 Å². The van der Waals surface area contributed by atoms with Crippen LogP contribution in [0.5, 0.6) is 5.75 Å². The number of amides is 1. The van der Waals surface area contributed by atoms with E-state index in [-0.39, 0.29) is 16.8 Å². The van der Waals surface area contributed by atoms with E-state index in [9.17, 15) is 13.2 Å². The summed E-state index contributed by atoms with van der Waals surface area (Å²) in [6.45, 7) is 2.41. The molecule has 28 heavy (non-hydrogen) atoms. The highest BCUT2D eigenvalue weighted by molar-refractivity contribution is 7.89. The summed E-state index contributed by atoms with van der Waals surface area (Å²) in [6, 6.07) is 4.77. The molecule has 2 heterocycles. The van der Waals surface area contributed by atoms with Crippen LogP contribution in [-0.2, 0) is 19.6 Å². The Morgan fingerprint density at radius 3 is 2.68 bits per heavy atom. The van der Waals surface area contributed by atoms with E-state index in [0.717, 1.165) is 25.8 Å². The van der Waals surface area contributed by atoms with E-state index in [1.807, 2.05) is 7.05 Å². The SMILES string of the molecule is COc1ccc(S(=O)(=O)N2CCOCC2)cc1NC(=O)CC1CCCCN1C. The molecule has 0 saturated carbocycles. The fourth-order valence-electron chi connectivity index (χ4n) is 3.70. The van der Waals surface area contributed by atoms with Crippen LogP contribution in [0.25, 0.3) is 0 Å². The van der Waals surface area contributed by atoms with E-state index < -0.39 is 10.0 Å². The second kappa shape index (κ2) is 9.21. The highest BCUT2D eigenvalue weighted by atomic mass is 32.2. The minimum absolute atomic E-state index is 0.139. The summed E-state index contributed by atoms with van der Waals surface area (Å²) >= 11 is 0. The molecule has 2 aliphatic heterocycles. The van der Waals surface area contributed by atoms with Crippen molar-refractivity contribution in [2.45, 2.75) is 36.6 Å². The van der Waals surface area contributed by atoms with Crippen LogP contribution in [0.1, 0.15) is 25.7 Å². The average molecular weight is 412 g/mol. The fourth-order valence-corrected chi connectivity index (χ4v) is 5.13. The Bertz CT molecular complexity index is 793. The molecule has 1 aromatic rings. The molecule has 1 atom stereocenters. The van der Waals surface area contributed by atoms with Crippen LogP contribution in [0.3, 0.4) is 0 Å². The minimum Gasteiger partial charge on any atom is -0.495 e. The van der Waals surface area contributed by atoms with Gasteiger partial charge in [0.15, 0.2) is 0 Å². The third kappa shape index (κ3) is 4.83. The molecule has 8 nitrogen and oxygen atoms in total. The van der Waals surface area contributed by atoms with Gasteiger partial charge in [-0.1, -0.05) is 6.42 Å². The minimum atomic E-state index is -3.64. The van der Waals surface area contributed by atoms with E-state index >= 15 is 0 Å². The molecular formula is C19H29N3O5S. The van der Waals surface area contributed by atoms with Crippen LogP contribution < -0.4 is 10.1 Å². The van der Waals surface area contributed by atoms with E-state index in [2.05, 4.69) is 10.2 Å². The summed E-state index contributed by atoms with van der Waals surface area (Å²) in [5.74, 6) is 0.296. The van der Waals surface area contributed by atoms with Crippen LogP contribution in [0.2, 0.25) is 0 Å². The zero-order valence-corrected chi connectivity index (χ0v) is 17.3. The number of methoxy groups -OCH3 is 1. The number of nitrogens with zero attached hydrogens (tertiary/aromatic N) is 2. The largest absolute Gasteiger partial charge is 0.495 e. The van der Waals surface area contributed by atoms with Gasteiger partial charge in [-0.15, -0.1) is 0 Å². The monoisotopic (exact) mass is 411 g/mol. The molecule has 2 aliphatic rings. The molecule has 0 bridgehead atoms. The molecule has 9 heteroatoms. The predicted molar refractivity (Wildman–Crippen MR) is 106 cm³/mol. The van der Waals surface area contributed by atoms with Crippen molar-refractivity contribution in [1.82, 2.24) is 9.21 Å². The topological polar surface area (TPSA) is 88.2 Å². The normalized spacial score (nSPS) is 22.0. The number of rotatable bonds is 6. The molecule has 0 aromatic heterocycles. The van der Waals surface area contributed by atoms with Gasteiger partial charge in [0.2, 0.25) is 15.9 Å². The summed E-state index contributed by atoms with van der Waals surface area (Å²) in [4.78, 5) is 14.9. The smallest absolute Gasteiger partial charge is 0.243 e.